The van der Waals surface area contributed by atoms with E-state index in [2.05, 4.69) is 16.0 Å². The van der Waals surface area contributed by atoms with E-state index in [0.29, 0.717) is 0 Å². The maximum atomic E-state index is 13.4. The fourth-order valence-corrected chi connectivity index (χ4v) is 4.90. The molecular formula is C28H45N5O5. The SMILES string of the molecule is CCC(=O)[C@H](CCN)NC(=O)[C@@H](NC(=O)[C@H](Cc1ccccc1)NC(=O)CC(N)C1CCCCC1)C(C)O. The van der Waals surface area contributed by atoms with E-state index in [4.69, 9.17) is 11.5 Å². The Bertz CT molecular complexity index is 904. The van der Waals surface area contributed by atoms with Crippen molar-refractivity contribution < 1.29 is 24.3 Å². The molecule has 212 valence electrons. The smallest absolute Gasteiger partial charge is 0.245 e. The van der Waals surface area contributed by atoms with Crippen LogP contribution >= 0.6 is 0 Å². The molecule has 0 heterocycles. The van der Waals surface area contributed by atoms with Crippen molar-refractivity contribution in [2.75, 3.05) is 6.54 Å². The summed E-state index contributed by atoms with van der Waals surface area (Å²) < 4.78 is 0. The van der Waals surface area contributed by atoms with Gasteiger partial charge in [-0.1, -0.05) is 56.5 Å². The zero-order valence-electron chi connectivity index (χ0n) is 22.7. The number of aliphatic hydroxyl groups excluding tert-OH is 1. The van der Waals surface area contributed by atoms with Crippen LogP contribution in [0, 0.1) is 5.92 Å². The van der Waals surface area contributed by atoms with E-state index in [0.717, 1.165) is 31.2 Å². The summed E-state index contributed by atoms with van der Waals surface area (Å²) in [4.78, 5) is 51.5. The van der Waals surface area contributed by atoms with Crippen LogP contribution in [-0.4, -0.2) is 65.4 Å². The lowest BCUT2D eigenvalue weighted by Crippen LogP contribution is -2.59. The molecule has 1 fully saturated rings. The number of hydrogen-bond acceptors (Lipinski definition) is 7. The second-order valence-electron chi connectivity index (χ2n) is 10.3. The van der Waals surface area contributed by atoms with Crippen molar-refractivity contribution in [2.24, 2.45) is 17.4 Å². The molecule has 1 aromatic rings. The van der Waals surface area contributed by atoms with Crippen LogP contribution in [0.4, 0.5) is 0 Å². The average molecular weight is 532 g/mol. The van der Waals surface area contributed by atoms with Gasteiger partial charge in [-0.25, -0.2) is 0 Å². The highest BCUT2D eigenvalue weighted by Gasteiger charge is 2.32. The minimum absolute atomic E-state index is 0.101. The predicted molar refractivity (Wildman–Crippen MR) is 146 cm³/mol. The van der Waals surface area contributed by atoms with Gasteiger partial charge in [0.1, 0.15) is 12.1 Å². The molecule has 1 aliphatic carbocycles. The Labute approximate surface area is 225 Å². The standard InChI is InChI=1S/C28H45N5O5/c1-3-24(35)22(14-15-29)32-28(38)26(18(2)34)33-27(37)23(16-19-10-6-4-7-11-19)31-25(36)17-21(30)20-12-8-5-9-13-20/h4,6-7,10-11,18,20-23,26,34H,3,5,8-9,12-17,29-30H2,1-2H3,(H,31,36)(H,32,38)(H,33,37)/t18?,21?,22-,23-,26-/m0/s1. The molecule has 0 saturated heterocycles. The van der Waals surface area contributed by atoms with Crippen LogP contribution in [0.15, 0.2) is 30.3 Å². The fraction of sp³-hybridized carbons (Fsp3) is 0.643. The van der Waals surface area contributed by atoms with Gasteiger partial charge in [-0.15, -0.1) is 0 Å². The number of hydrogen-bond donors (Lipinski definition) is 6. The first-order valence-corrected chi connectivity index (χ1v) is 13.8. The number of amides is 3. The second-order valence-corrected chi connectivity index (χ2v) is 10.3. The third kappa shape index (κ3) is 10.2. The molecule has 1 aliphatic rings. The molecule has 3 amide bonds. The molecule has 8 N–H and O–H groups in total. The molecule has 38 heavy (non-hydrogen) atoms. The number of benzene rings is 1. The van der Waals surface area contributed by atoms with Gasteiger partial charge in [0.25, 0.3) is 0 Å². The first-order valence-electron chi connectivity index (χ1n) is 13.8. The Morgan fingerprint density at radius 2 is 1.63 bits per heavy atom. The number of ketones is 1. The predicted octanol–water partition coefficient (Wildman–Crippen LogP) is 0.690. The second kappa shape index (κ2) is 16.2. The van der Waals surface area contributed by atoms with Crippen LogP contribution in [0.5, 0.6) is 0 Å². The quantitative estimate of drug-likeness (QED) is 0.193. The fourth-order valence-electron chi connectivity index (χ4n) is 4.90. The number of Topliss-reactive ketones (excluding diaryl/α,β-unsaturated/α-hetero) is 1. The summed E-state index contributed by atoms with van der Waals surface area (Å²) in [6.45, 7) is 3.25. The van der Waals surface area contributed by atoms with Crippen molar-refractivity contribution in [3.05, 3.63) is 35.9 Å². The molecule has 0 spiro atoms. The summed E-state index contributed by atoms with van der Waals surface area (Å²) in [5.74, 6) is -1.56. The Morgan fingerprint density at radius 1 is 0.974 bits per heavy atom. The molecule has 0 aliphatic heterocycles. The lowest BCUT2D eigenvalue weighted by atomic mass is 9.83. The molecule has 0 radical (unpaired) electrons. The lowest BCUT2D eigenvalue weighted by Gasteiger charge is -2.28. The molecular weight excluding hydrogens is 486 g/mol. The molecule has 5 atom stereocenters. The molecule has 10 heteroatoms. The normalized spacial score (nSPS) is 17.9. The Balaban J connectivity index is 2.13. The molecule has 2 unspecified atom stereocenters. The van der Waals surface area contributed by atoms with E-state index in [1.165, 1.54) is 13.3 Å². The van der Waals surface area contributed by atoms with E-state index in [-0.39, 0.29) is 55.9 Å². The number of carbonyl (C=O) groups excluding carboxylic acids is 4. The molecule has 10 nitrogen and oxygen atoms in total. The number of carbonyl (C=O) groups is 4. The van der Waals surface area contributed by atoms with E-state index >= 15 is 0 Å². The van der Waals surface area contributed by atoms with Crippen molar-refractivity contribution in [2.45, 2.75) is 102 Å². The average Bonchev–Trinajstić information content (AvgIpc) is 2.91. The highest BCUT2D eigenvalue weighted by atomic mass is 16.3. The van der Waals surface area contributed by atoms with Crippen LogP contribution in [0.3, 0.4) is 0 Å². The summed E-state index contributed by atoms with van der Waals surface area (Å²) in [6, 6.07) is 5.78. The first kappa shape index (κ1) is 31.4. The number of rotatable bonds is 15. The van der Waals surface area contributed by atoms with E-state index in [1.54, 1.807) is 6.92 Å². The highest BCUT2D eigenvalue weighted by molar-refractivity contribution is 5.95. The Kier molecular flexibility index (Phi) is 13.4. The van der Waals surface area contributed by atoms with Gasteiger partial charge in [0.05, 0.1) is 12.1 Å². The van der Waals surface area contributed by atoms with Crippen molar-refractivity contribution >= 4 is 23.5 Å². The van der Waals surface area contributed by atoms with Crippen LogP contribution in [0.1, 0.15) is 70.8 Å². The van der Waals surface area contributed by atoms with E-state index in [9.17, 15) is 24.3 Å². The van der Waals surface area contributed by atoms with Gasteiger partial charge in [0.2, 0.25) is 17.7 Å². The zero-order chi connectivity index (χ0) is 28.1. The maximum Gasteiger partial charge on any atom is 0.245 e. The minimum Gasteiger partial charge on any atom is -0.391 e. The third-order valence-electron chi connectivity index (χ3n) is 7.18. The van der Waals surface area contributed by atoms with Crippen molar-refractivity contribution in [3.8, 4) is 0 Å². The maximum absolute atomic E-state index is 13.4. The van der Waals surface area contributed by atoms with Crippen molar-refractivity contribution in [1.82, 2.24) is 16.0 Å². The van der Waals surface area contributed by atoms with Crippen LogP contribution in [0.2, 0.25) is 0 Å². The summed E-state index contributed by atoms with van der Waals surface area (Å²) >= 11 is 0. The minimum atomic E-state index is -1.33. The van der Waals surface area contributed by atoms with Gasteiger partial charge in [-0.05, 0) is 44.2 Å². The number of nitrogens with one attached hydrogen (secondary N) is 3. The third-order valence-corrected chi connectivity index (χ3v) is 7.18. The molecule has 1 aromatic carbocycles. The summed E-state index contributed by atoms with van der Waals surface area (Å²) in [5.41, 5.74) is 12.7. The van der Waals surface area contributed by atoms with E-state index in [1.807, 2.05) is 30.3 Å². The molecule has 1 saturated carbocycles. The lowest BCUT2D eigenvalue weighted by molar-refractivity contribution is -0.135. The topological polar surface area (TPSA) is 177 Å². The monoisotopic (exact) mass is 531 g/mol. The van der Waals surface area contributed by atoms with Crippen molar-refractivity contribution in [3.63, 3.8) is 0 Å². The van der Waals surface area contributed by atoms with Gasteiger partial charge >= 0.3 is 0 Å². The van der Waals surface area contributed by atoms with Crippen LogP contribution < -0.4 is 27.4 Å². The molecule has 0 aromatic heterocycles. The van der Waals surface area contributed by atoms with Gasteiger partial charge < -0.3 is 32.5 Å². The Hall–Kier alpha value is -2.82. The summed E-state index contributed by atoms with van der Waals surface area (Å²) in [5, 5.41) is 18.3. The highest BCUT2D eigenvalue weighted by Crippen LogP contribution is 2.26. The van der Waals surface area contributed by atoms with Gasteiger partial charge in [-0.3, -0.25) is 19.2 Å². The summed E-state index contributed by atoms with van der Waals surface area (Å²) in [6.07, 6.45) is 4.90. The summed E-state index contributed by atoms with van der Waals surface area (Å²) in [7, 11) is 0. The van der Waals surface area contributed by atoms with Gasteiger partial charge in [0, 0.05) is 25.3 Å². The first-order chi connectivity index (χ1) is 18.2. The number of nitrogens with two attached hydrogens (primary N) is 2. The van der Waals surface area contributed by atoms with Gasteiger partial charge in [0.15, 0.2) is 5.78 Å². The van der Waals surface area contributed by atoms with Gasteiger partial charge in [-0.2, -0.15) is 0 Å². The largest absolute Gasteiger partial charge is 0.391 e. The van der Waals surface area contributed by atoms with Crippen LogP contribution in [-0.2, 0) is 25.6 Å². The molecule has 2 rings (SSSR count). The zero-order valence-corrected chi connectivity index (χ0v) is 22.7. The van der Waals surface area contributed by atoms with Crippen LogP contribution in [0.25, 0.3) is 0 Å². The van der Waals surface area contributed by atoms with E-state index < -0.39 is 36.0 Å². The van der Waals surface area contributed by atoms with Crippen molar-refractivity contribution in [1.29, 1.82) is 0 Å². The molecule has 0 bridgehead atoms. The Morgan fingerprint density at radius 3 is 2.21 bits per heavy atom. The number of aliphatic hydroxyl groups is 1.